The van der Waals surface area contributed by atoms with Gasteiger partial charge in [0, 0.05) is 0 Å². The molecule has 0 bridgehead atoms. The molecule has 0 spiro atoms. The Hall–Kier alpha value is -2.37. The molecule has 1 saturated heterocycles. The smallest absolute Gasteiger partial charge is 0.241 e. The second-order valence-electron chi connectivity index (χ2n) is 8.36. The fourth-order valence-electron chi connectivity index (χ4n) is 3.45. The van der Waals surface area contributed by atoms with Crippen LogP contribution >= 0.6 is 0 Å². The van der Waals surface area contributed by atoms with Crippen molar-refractivity contribution in [2.45, 2.75) is 42.8 Å². The van der Waals surface area contributed by atoms with Gasteiger partial charge in [0.1, 0.15) is 6.04 Å². The maximum absolute atomic E-state index is 12.8. The van der Waals surface area contributed by atoms with Crippen molar-refractivity contribution < 1.29 is 33.0 Å². The van der Waals surface area contributed by atoms with E-state index in [1.165, 1.54) is 12.1 Å². The molecule has 10 heteroatoms. The Morgan fingerprint density at radius 3 is 2.31 bits per heavy atom. The van der Waals surface area contributed by atoms with E-state index < -0.39 is 52.6 Å². The molecule has 0 aliphatic carbocycles. The number of fused-ring (bicyclic) bond motifs is 1. The second kappa shape index (κ2) is 9.63. The standard InChI is InChI=1S/C22H28N2O7S/c1-14(2)9-18(20(27)22(12-26)13-31-22)23-21(28)19(11-25)24-32(29,30)17-8-7-15-5-3-4-6-16(15)10-17/h3-8,10,14,18-19,24-26H,9,11-13H2,1-2H3,(H,23,28)/t18?,19-,22?/m0/s1. The van der Waals surface area contributed by atoms with Gasteiger partial charge in [-0.25, -0.2) is 8.42 Å². The van der Waals surface area contributed by atoms with E-state index in [4.69, 9.17) is 4.74 Å². The summed E-state index contributed by atoms with van der Waals surface area (Å²) in [5, 5.41) is 23.2. The summed E-state index contributed by atoms with van der Waals surface area (Å²) in [6.07, 6.45) is 0.269. The summed E-state index contributed by atoms with van der Waals surface area (Å²) in [6.45, 7) is 2.47. The predicted octanol–water partition coefficient (Wildman–Crippen LogP) is 0.340. The molecule has 3 atom stereocenters. The molecule has 0 saturated carbocycles. The number of aliphatic hydroxyl groups excluding tert-OH is 2. The summed E-state index contributed by atoms with van der Waals surface area (Å²) in [7, 11) is -4.13. The van der Waals surface area contributed by atoms with Crippen LogP contribution in [0.4, 0.5) is 0 Å². The minimum Gasteiger partial charge on any atom is -0.394 e. The minimum absolute atomic E-state index is 0.0283. The molecule has 0 aromatic heterocycles. The molecule has 1 amide bonds. The van der Waals surface area contributed by atoms with Gasteiger partial charge in [-0.3, -0.25) is 9.59 Å². The van der Waals surface area contributed by atoms with Crippen molar-refractivity contribution in [3.05, 3.63) is 42.5 Å². The van der Waals surface area contributed by atoms with Gasteiger partial charge in [-0.05, 0) is 35.2 Å². The van der Waals surface area contributed by atoms with Gasteiger partial charge < -0.3 is 20.3 Å². The molecule has 1 aliphatic heterocycles. The highest BCUT2D eigenvalue weighted by Gasteiger charge is 2.54. The SMILES string of the molecule is CC(C)CC(NC(=O)[C@H](CO)NS(=O)(=O)c1ccc2ccccc2c1)C(=O)C1(CO)CO1. The number of sulfonamides is 1. The zero-order valence-corrected chi connectivity index (χ0v) is 18.8. The van der Waals surface area contributed by atoms with Crippen molar-refractivity contribution in [3.8, 4) is 0 Å². The van der Waals surface area contributed by atoms with Crippen LogP contribution in [-0.4, -0.2) is 67.8 Å². The lowest BCUT2D eigenvalue weighted by Gasteiger charge is -2.24. The topological polar surface area (TPSA) is 145 Å². The first-order valence-electron chi connectivity index (χ1n) is 10.3. The molecule has 1 heterocycles. The van der Waals surface area contributed by atoms with Crippen molar-refractivity contribution >= 4 is 32.5 Å². The zero-order chi connectivity index (χ0) is 23.5. The lowest BCUT2D eigenvalue weighted by atomic mass is 9.92. The van der Waals surface area contributed by atoms with Crippen LogP contribution in [0.15, 0.2) is 47.4 Å². The van der Waals surface area contributed by atoms with Gasteiger partial charge in [0.2, 0.25) is 15.9 Å². The Kier molecular flexibility index (Phi) is 7.31. The second-order valence-corrected chi connectivity index (χ2v) is 10.1. The lowest BCUT2D eigenvalue weighted by Crippen LogP contribution is -2.55. The fraction of sp³-hybridized carbons (Fsp3) is 0.455. The van der Waals surface area contributed by atoms with Crippen LogP contribution in [0.2, 0.25) is 0 Å². The van der Waals surface area contributed by atoms with E-state index >= 15 is 0 Å². The maximum Gasteiger partial charge on any atom is 0.241 e. The number of hydrogen-bond acceptors (Lipinski definition) is 7. The zero-order valence-electron chi connectivity index (χ0n) is 17.9. The predicted molar refractivity (Wildman–Crippen MR) is 117 cm³/mol. The molecular formula is C22H28N2O7S. The first-order chi connectivity index (χ1) is 15.1. The van der Waals surface area contributed by atoms with Crippen molar-refractivity contribution in [1.82, 2.24) is 10.0 Å². The Morgan fingerprint density at radius 2 is 1.75 bits per heavy atom. The van der Waals surface area contributed by atoms with Crippen molar-refractivity contribution in [3.63, 3.8) is 0 Å². The number of nitrogens with one attached hydrogen (secondary N) is 2. The molecule has 3 rings (SSSR count). The van der Waals surface area contributed by atoms with Crippen LogP contribution in [0.1, 0.15) is 20.3 Å². The minimum atomic E-state index is -4.13. The lowest BCUT2D eigenvalue weighted by molar-refractivity contribution is -0.133. The Bertz CT molecular complexity index is 1100. The van der Waals surface area contributed by atoms with E-state index in [0.29, 0.717) is 5.39 Å². The van der Waals surface area contributed by atoms with Gasteiger partial charge in [0.05, 0.1) is 30.8 Å². The molecule has 2 aromatic carbocycles. The van der Waals surface area contributed by atoms with E-state index in [1.807, 2.05) is 26.0 Å². The summed E-state index contributed by atoms with van der Waals surface area (Å²) in [5.74, 6) is -1.29. The summed E-state index contributed by atoms with van der Waals surface area (Å²) < 4.78 is 33.0. The van der Waals surface area contributed by atoms with Crippen LogP contribution in [0.3, 0.4) is 0 Å². The maximum atomic E-state index is 12.8. The molecule has 174 valence electrons. The van der Waals surface area contributed by atoms with Crippen LogP contribution < -0.4 is 10.0 Å². The van der Waals surface area contributed by atoms with Gasteiger partial charge in [0.25, 0.3) is 0 Å². The third kappa shape index (κ3) is 5.33. The average molecular weight is 465 g/mol. The molecular weight excluding hydrogens is 436 g/mol. The highest BCUT2D eigenvalue weighted by Crippen LogP contribution is 2.30. The summed E-state index contributed by atoms with van der Waals surface area (Å²) in [6, 6.07) is 9.28. The van der Waals surface area contributed by atoms with Crippen LogP contribution in [0.5, 0.6) is 0 Å². The third-order valence-electron chi connectivity index (χ3n) is 5.37. The Morgan fingerprint density at radius 1 is 1.09 bits per heavy atom. The largest absolute Gasteiger partial charge is 0.394 e. The first kappa shape index (κ1) is 24.3. The summed E-state index contributed by atoms with van der Waals surface area (Å²) in [5.41, 5.74) is -1.33. The Labute approximate surface area is 186 Å². The van der Waals surface area contributed by atoms with E-state index in [2.05, 4.69) is 10.0 Å². The molecule has 4 N–H and O–H groups in total. The van der Waals surface area contributed by atoms with Gasteiger partial charge in [-0.15, -0.1) is 0 Å². The van der Waals surface area contributed by atoms with Crippen molar-refractivity contribution in [2.24, 2.45) is 5.92 Å². The molecule has 2 aromatic rings. The van der Waals surface area contributed by atoms with E-state index in [-0.39, 0.29) is 23.8 Å². The highest BCUT2D eigenvalue weighted by atomic mass is 32.2. The number of carbonyl (C=O) groups is 2. The van der Waals surface area contributed by atoms with Crippen LogP contribution in [0.25, 0.3) is 10.8 Å². The normalized spacial score (nSPS) is 20.2. The molecule has 0 radical (unpaired) electrons. The monoisotopic (exact) mass is 464 g/mol. The number of ketones is 1. The number of epoxide rings is 1. The molecule has 2 unspecified atom stereocenters. The third-order valence-corrected chi connectivity index (χ3v) is 6.83. The van der Waals surface area contributed by atoms with Gasteiger partial charge in [0.15, 0.2) is 11.4 Å². The van der Waals surface area contributed by atoms with Crippen molar-refractivity contribution in [2.75, 3.05) is 19.8 Å². The highest BCUT2D eigenvalue weighted by molar-refractivity contribution is 7.89. The van der Waals surface area contributed by atoms with Crippen molar-refractivity contribution in [1.29, 1.82) is 0 Å². The fourth-order valence-corrected chi connectivity index (χ4v) is 4.68. The number of benzene rings is 2. The number of ether oxygens (including phenoxy) is 1. The Balaban J connectivity index is 1.76. The number of Topliss-reactive ketones (excluding diaryl/α,β-unsaturated/α-hetero) is 1. The van der Waals surface area contributed by atoms with E-state index in [1.54, 1.807) is 18.2 Å². The first-order valence-corrected chi connectivity index (χ1v) is 11.8. The average Bonchev–Trinajstić information content (AvgIpc) is 3.57. The van der Waals surface area contributed by atoms with Crippen LogP contribution in [-0.2, 0) is 24.3 Å². The van der Waals surface area contributed by atoms with Gasteiger partial charge in [-0.1, -0.05) is 44.2 Å². The van der Waals surface area contributed by atoms with E-state index in [0.717, 1.165) is 5.39 Å². The molecule has 1 fully saturated rings. The number of hydrogen-bond donors (Lipinski definition) is 4. The number of aliphatic hydroxyl groups is 2. The van der Waals surface area contributed by atoms with Crippen LogP contribution in [0, 0.1) is 5.92 Å². The molecule has 9 nitrogen and oxygen atoms in total. The number of amides is 1. The van der Waals surface area contributed by atoms with E-state index in [9.17, 15) is 28.2 Å². The number of rotatable bonds is 11. The van der Waals surface area contributed by atoms with Gasteiger partial charge in [-0.2, -0.15) is 4.72 Å². The molecule has 32 heavy (non-hydrogen) atoms. The quantitative estimate of drug-likeness (QED) is 0.351. The van der Waals surface area contributed by atoms with Gasteiger partial charge >= 0.3 is 0 Å². The summed E-state index contributed by atoms with van der Waals surface area (Å²) in [4.78, 5) is 25.5. The summed E-state index contributed by atoms with van der Waals surface area (Å²) >= 11 is 0. The number of carbonyl (C=O) groups excluding carboxylic acids is 2. The molecule has 1 aliphatic rings.